The van der Waals surface area contributed by atoms with Gasteiger partial charge in [-0.25, -0.2) is 4.79 Å². The summed E-state index contributed by atoms with van der Waals surface area (Å²) < 4.78 is 0. The van der Waals surface area contributed by atoms with Crippen LogP contribution in [0.5, 0.6) is 0 Å². The molecule has 3 N–H and O–H groups in total. The number of aryl methyl sites for hydroxylation is 2. The lowest BCUT2D eigenvalue weighted by Crippen LogP contribution is -2.20. The lowest BCUT2D eigenvalue weighted by Gasteiger charge is -2.08. The second kappa shape index (κ2) is 5.50. The van der Waals surface area contributed by atoms with E-state index in [0.717, 1.165) is 11.4 Å². The quantitative estimate of drug-likeness (QED) is 0.785. The first kappa shape index (κ1) is 13.7. The molecule has 0 saturated carbocycles. The van der Waals surface area contributed by atoms with E-state index in [-0.39, 0.29) is 6.03 Å². The first-order chi connectivity index (χ1) is 8.97. The Morgan fingerprint density at radius 1 is 1.21 bits per heavy atom. The summed E-state index contributed by atoms with van der Waals surface area (Å²) in [5, 5.41) is 13.0. The summed E-state index contributed by atoms with van der Waals surface area (Å²) in [7, 11) is 0. The van der Waals surface area contributed by atoms with Gasteiger partial charge in [0, 0.05) is 5.69 Å². The van der Waals surface area contributed by atoms with Crippen LogP contribution in [0.15, 0.2) is 18.2 Å². The van der Waals surface area contributed by atoms with Crippen molar-refractivity contribution in [2.45, 2.75) is 13.8 Å². The van der Waals surface area contributed by atoms with Crippen LogP contribution in [-0.4, -0.2) is 16.2 Å². The van der Waals surface area contributed by atoms with E-state index >= 15 is 0 Å². The van der Waals surface area contributed by atoms with Gasteiger partial charge in [-0.1, -0.05) is 23.2 Å². The van der Waals surface area contributed by atoms with Crippen LogP contribution in [0.1, 0.15) is 11.4 Å². The number of benzene rings is 1. The van der Waals surface area contributed by atoms with E-state index < -0.39 is 0 Å². The summed E-state index contributed by atoms with van der Waals surface area (Å²) in [5.41, 5.74) is 2.74. The van der Waals surface area contributed by atoms with Crippen LogP contribution in [0.4, 0.5) is 16.2 Å². The molecule has 100 valence electrons. The van der Waals surface area contributed by atoms with Gasteiger partial charge in [-0.3, -0.25) is 5.10 Å². The number of hydrogen-bond acceptors (Lipinski definition) is 2. The first-order valence-corrected chi connectivity index (χ1v) is 6.27. The third-order valence-corrected chi connectivity index (χ3v) is 3.28. The van der Waals surface area contributed by atoms with Gasteiger partial charge in [0.05, 0.1) is 27.1 Å². The summed E-state index contributed by atoms with van der Waals surface area (Å²) in [6.07, 6.45) is 0. The van der Waals surface area contributed by atoms with E-state index in [0.29, 0.717) is 21.4 Å². The topological polar surface area (TPSA) is 69.8 Å². The molecule has 0 saturated heterocycles. The van der Waals surface area contributed by atoms with Gasteiger partial charge in [0.1, 0.15) is 0 Å². The highest BCUT2D eigenvalue weighted by atomic mass is 35.5. The molecule has 0 unspecified atom stereocenters. The summed E-state index contributed by atoms with van der Waals surface area (Å²) in [6.45, 7) is 3.63. The number of hydrogen-bond donors (Lipinski definition) is 3. The van der Waals surface area contributed by atoms with E-state index in [2.05, 4.69) is 20.8 Å². The van der Waals surface area contributed by atoms with Crippen molar-refractivity contribution in [3.63, 3.8) is 0 Å². The highest BCUT2D eigenvalue weighted by Crippen LogP contribution is 2.25. The summed E-state index contributed by atoms with van der Waals surface area (Å²) >= 11 is 11.7. The van der Waals surface area contributed by atoms with Gasteiger partial charge in [-0.05, 0) is 32.0 Å². The van der Waals surface area contributed by atoms with E-state index in [9.17, 15) is 4.79 Å². The lowest BCUT2D eigenvalue weighted by atomic mass is 10.3. The Morgan fingerprint density at radius 2 is 1.95 bits per heavy atom. The maximum absolute atomic E-state index is 11.8. The van der Waals surface area contributed by atoms with Gasteiger partial charge in [0.15, 0.2) is 0 Å². The number of nitrogens with one attached hydrogen (secondary N) is 3. The van der Waals surface area contributed by atoms with Crippen molar-refractivity contribution in [3.8, 4) is 0 Å². The number of H-pyrrole nitrogens is 1. The molecule has 0 atom stereocenters. The van der Waals surface area contributed by atoms with Gasteiger partial charge >= 0.3 is 6.03 Å². The third-order valence-electron chi connectivity index (χ3n) is 2.54. The standard InChI is InChI=1S/C12H12Cl2N4O/c1-6-11(7(2)18-17-6)16-12(19)15-8-3-4-9(13)10(14)5-8/h3-5H,1-2H3,(H,17,18)(H2,15,16,19). The van der Waals surface area contributed by atoms with E-state index in [1.165, 1.54) is 0 Å². The van der Waals surface area contributed by atoms with Crippen LogP contribution in [0.2, 0.25) is 10.0 Å². The minimum Gasteiger partial charge on any atom is -0.308 e. The maximum Gasteiger partial charge on any atom is 0.323 e. The molecular weight excluding hydrogens is 287 g/mol. The predicted molar refractivity (Wildman–Crippen MR) is 77.2 cm³/mol. The SMILES string of the molecule is Cc1n[nH]c(C)c1NC(=O)Nc1ccc(Cl)c(Cl)c1. The van der Waals surface area contributed by atoms with Gasteiger partial charge in [0.25, 0.3) is 0 Å². The van der Waals surface area contributed by atoms with Gasteiger partial charge in [0.2, 0.25) is 0 Å². The van der Waals surface area contributed by atoms with Crippen molar-refractivity contribution >= 4 is 40.6 Å². The van der Waals surface area contributed by atoms with Crippen molar-refractivity contribution in [2.75, 3.05) is 10.6 Å². The van der Waals surface area contributed by atoms with Crippen molar-refractivity contribution in [1.82, 2.24) is 10.2 Å². The molecule has 1 heterocycles. The van der Waals surface area contributed by atoms with Crippen LogP contribution < -0.4 is 10.6 Å². The average molecular weight is 299 g/mol. The number of carbonyl (C=O) groups is 1. The second-order valence-corrected chi connectivity index (χ2v) is 4.83. The molecule has 2 amide bonds. The zero-order chi connectivity index (χ0) is 14.0. The lowest BCUT2D eigenvalue weighted by molar-refractivity contribution is 0.262. The van der Waals surface area contributed by atoms with E-state index in [1.54, 1.807) is 25.1 Å². The van der Waals surface area contributed by atoms with Gasteiger partial charge in [-0.2, -0.15) is 5.10 Å². The van der Waals surface area contributed by atoms with Crippen LogP contribution in [0.3, 0.4) is 0 Å². The molecule has 0 aliphatic heterocycles. The molecule has 0 radical (unpaired) electrons. The zero-order valence-corrected chi connectivity index (χ0v) is 11.9. The van der Waals surface area contributed by atoms with Crippen molar-refractivity contribution in [1.29, 1.82) is 0 Å². The predicted octanol–water partition coefficient (Wildman–Crippen LogP) is 3.98. The minimum atomic E-state index is -0.369. The fraction of sp³-hybridized carbons (Fsp3) is 0.167. The Bertz CT molecular complexity index is 605. The fourth-order valence-corrected chi connectivity index (χ4v) is 1.88. The van der Waals surface area contributed by atoms with Crippen molar-refractivity contribution < 1.29 is 4.79 Å². The smallest absolute Gasteiger partial charge is 0.308 e. The molecule has 0 aliphatic carbocycles. The Balaban J connectivity index is 2.07. The molecule has 5 nitrogen and oxygen atoms in total. The Morgan fingerprint density at radius 3 is 2.53 bits per heavy atom. The largest absolute Gasteiger partial charge is 0.323 e. The Labute approximate surface area is 120 Å². The monoisotopic (exact) mass is 298 g/mol. The van der Waals surface area contributed by atoms with E-state index in [1.807, 2.05) is 6.92 Å². The number of halogens is 2. The third kappa shape index (κ3) is 3.19. The first-order valence-electron chi connectivity index (χ1n) is 5.52. The molecule has 7 heteroatoms. The summed E-state index contributed by atoms with van der Waals surface area (Å²) in [6, 6.07) is 4.50. The van der Waals surface area contributed by atoms with Gasteiger partial charge < -0.3 is 10.6 Å². The molecule has 0 aliphatic rings. The van der Waals surface area contributed by atoms with Crippen LogP contribution in [0, 0.1) is 13.8 Å². The molecule has 1 aromatic carbocycles. The molecule has 0 fully saturated rings. The summed E-state index contributed by atoms with van der Waals surface area (Å²) in [5.74, 6) is 0. The van der Waals surface area contributed by atoms with Crippen LogP contribution in [0.25, 0.3) is 0 Å². The normalized spacial score (nSPS) is 10.3. The average Bonchev–Trinajstić information content (AvgIpc) is 2.66. The fourth-order valence-electron chi connectivity index (χ4n) is 1.58. The number of aromatic nitrogens is 2. The number of nitrogens with zero attached hydrogens (tertiary/aromatic N) is 1. The van der Waals surface area contributed by atoms with Crippen LogP contribution >= 0.6 is 23.2 Å². The van der Waals surface area contributed by atoms with Crippen LogP contribution in [-0.2, 0) is 0 Å². The minimum absolute atomic E-state index is 0.369. The maximum atomic E-state index is 11.8. The molecule has 0 spiro atoms. The second-order valence-electron chi connectivity index (χ2n) is 4.02. The highest BCUT2D eigenvalue weighted by Gasteiger charge is 2.10. The highest BCUT2D eigenvalue weighted by molar-refractivity contribution is 6.42. The molecule has 2 rings (SSSR count). The van der Waals surface area contributed by atoms with E-state index in [4.69, 9.17) is 23.2 Å². The Hall–Kier alpha value is -1.72. The molecule has 1 aromatic heterocycles. The molecular formula is C12H12Cl2N4O. The molecule has 0 bridgehead atoms. The summed E-state index contributed by atoms with van der Waals surface area (Å²) in [4.78, 5) is 11.8. The number of urea groups is 1. The number of aromatic amines is 1. The molecule has 2 aromatic rings. The number of amides is 2. The number of carbonyl (C=O) groups excluding carboxylic acids is 1. The number of rotatable bonds is 2. The van der Waals surface area contributed by atoms with Gasteiger partial charge in [-0.15, -0.1) is 0 Å². The Kier molecular flexibility index (Phi) is 3.97. The number of anilines is 2. The molecule has 19 heavy (non-hydrogen) atoms. The zero-order valence-electron chi connectivity index (χ0n) is 10.3. The van der Waals surface area contributed by atoms with Crippen molar-refractivity contribution in [3.05, 3.63) is 39.6 Å². The van der Waals surface area contributed by atoms with Crippen molar-refractivity contribution in [2.24, 2.45) is 0 Å².